The van der Waals surface area contributed by atoms with Crippen LogP contribution in [-0.4, -0.2) is 9.78 Å². The molecule has 1 heterocycles. The molecule has 0 radical (unpaired) electrons. The SMILES string of the molecule is Cc1ccn(CCCc2ccc3c(c2)C(C)(C)CCC3(C)C)n1. The van der Waals surface area contributed by atoms with Crippen LogP contribution in [0.3, 0.4) is 0 Å². The molecule has 3 rings (SSSR count). The van der Waals surface area contributed by atoms with Gasteiger partial charge in [-0.2, -0.15) is 5.10 Å². The molecule has 124 valence electrons. The van der Waals surface area contributed by atoms with Crippen molar-refractivity contribution in [2.24, 2.45) is 0 Å². The fourth-order valence-electron chi connectivity index (χ4n) is 3.82. The summed E-state index contributed by atoms with van der Waals surface area (Å²) in [7, 11) is 0. The molecule has 1 aliphatic carbocycles. The van der Waals surface area contributed by atoms with Gasteiger partial charge in [0, 0.05) is 12.7 Å². The number of nitrogens with zero attached hydrogens (tertiary/aromatic N) is 2. The molecular formula is C21H30N2. The van der Waals surface area contributed by atoms with Gasteiger partial charge >= 0.3 is 0 Å². The van der Waals surface area contributed by atoms with Crippen LogP contribution >= 0.6 is 0 Å². The third-order valence-corrected chi connectivity index (χ3v) is 5.54. The highest BCUT2D eigenvalue weighted by molar-refractivity contribution is 5.43. The summed E-state index contributed by atoms with van der Waals surface area (Å²) < 4.78 is 2.06. The Balaban J connectivity index is 1.74. The maximum absolute atomic E-state index is 4.47. The molecular weight excluding hydrogens is 280 g/mol. The van der Waals surface area contributed by atoms with Crippen LogP contribution in [0, 0.1) is 6.92 Å². The van der Waals surface area contributed by atoms with Gasteiger partial charge in [0.1, 0.15) is 0 Å². The summed E-state index contributed by atoms with van der Waals surface area (Å²) in [5.41, 5.74) is 6.32. The van der Waals surface area contributed by atoms with Crippen molar-refractivity contribution in [2.45, 2.75) is 77.7 Å². The maximum atomic E-state index is 4.47. The summed E-state index contributed by atoms with van der Waals surface area (Å²) in [6.45, 7) is 12.6. The fraction of sp³-hybridized carbons (Fsp3) is 0.571. The highest BCUT2D eigenvalue weighted by atomic mass is 15.3. The standard InChI is InChI=1S/C21H30N2/c1-16-10-14-23(22-16)13-6-7-17-8-9-18-19(15-17)21(4,5)12-11-20(18,2)3/h8-10,14-15H,6-7,11-13H2,1-5H3. The Bertz CT molecular complexity index is 692. The van der Waals surface area contributed by atoms with E-state index in [9.17, 15) is 0 Å². The molecule has 0 saturated carbocycles. The predicted molar refractivity (Wildman–Crippen MR) is 97.0 cm³/mol. The number of aryl methyl sites for hydroxylation is 3. The van der Waals surface area contributed by atoms with Crippen LogP contribution in [0.15, 0.2) is 30.5 Å². The first-order valence-corrected chi connectivity index (χ1v) is 8.92. The number of hydrogen-bond donors (Lipinski definition) is 0. The molecule has 1 aromatic heterocycles. The summed E-state index contributed by atoms with van der Waals surface area (Å²) in [5, 5.41) is 4.47. The Morgan fingerprint density at radius 3 is 2.35 bits per heavy atom. The first kappa shape index (κ1) is 16.3. The molecule has 0 bridgehead atoms. The van der Waals surface area contributed by atoms with Crippen LogP contribution < -0.4 is 0 Å². The quantitative estimate of drug-likeness (QED) is 0.761. The lowest BCUT2D eigenvalue weighted by Crippen LogP contribution is -2.33. The minimum atomic E-state index is 0.306. The summed E-state index contributed by atoms with van der Waals surface area (Å²) in [5.74, 6) is 0. The zero-order valence-corrected chi connectivity index (χ0v) is 15.3. The van der Waals surface area contributed by atoms with E-state index >= 15 is 0 Å². The van der Waals surface area contributed by atoms with E-state index in [4.69, 9.17) is 0 Å². The molecule has 0 fully saturated rings. The predicted octanol–water partition coefficient (Wildman–Crippen LogP) is 5.17. The molecule has 2 aromatic rings. The minimum absolute atomic E-state index is 0.306. The topological polar surface area (TPSA) is 17.8 Å². The molecule has 0 saturated heterocycles. The van der Waals surface area contributed by atoms with Gasteiger partial charge in [0.2, 0.25) is 0 Å². The van der Waals surface area contributed by atoms with Gasteiger partial charge in [0.25, 0.3) is 0 Å². The molecule has 0 atom stereocenters. The highest BCUT2D eigenvalue weighted by Gasteiger charge is 2.36. The molecule has 0 unspecified atom stereocenters. The molecule has 0 aliphatic heterocycles. The minimum Gasteiger partial charge on any atom is -0.272 e. The second-order valence-corrected chi connectivity index (χ2v) is 8.47. The van der Waals surface area contributed by atoms with E-state index in [2.05, 4.69) is 67.9 Å². The van der Waals surface area contributed by atoms with Gasteiger partial charge in [-0.1, -0.05) is 45.9 Å². The summed E-state index contributed by atoms with van der Waals surface area (Å²) >= 11 is 0. The molecule has 0 N–H and O–H groups in total. The van der Waals surface area contributed by atoms with Crippen LogP contribution in [0.25, 0.3) is 0 Å². The fourth-order valence-corrected chi connectivity index (χ4v) is 3.82. The van der Waals surface area contributed by atoms with Crippen LogP contribution in [0.1, 0.15) is 69.3 Å². The van der Waals surface area contributed by atoms with Gasteiger partial charge in [-0.15, -0.1) is 0 Å². The average molecular weight is 310 g/mol. The van der Waals surface area contributed by atoms with E-state index in [1.165, 1.54) is 18.4 Å². The Morgan fingerprint density at radius 2 is 1.70 bits per heavy atom. The van der Waals surface area contributed by atoms with Crippen molar-refractivity contribution in [1.29, 1.82) is 0 Å². The first-order chi connectivity index (χ1) is 10.8. The van der Waals surface area contributed by atoms with Crippen molar-refractivity contribution < 1.29 is 0 Å². The molecule has 0 spiro atoms. The lowest BCUT2D eigenvalue weighted by Gasteiger charge is -2.42. The second kappa shape index (κ2) is 5.81. The van der Waals surface area contributed by atoms with E-state index in [1.54, 1.807) is 11.1 Å². The molecule has 2 nitrogen and oxygen atoms in total. The molecule has 1 aliphatic rings. The Hall–Kier alpha value is -1.57. The Kier molecular flexibility index (Phi) is 4.12. The molecule has 2 heteroatoms. The van der Waals surface area contributed by atoms with Gasteiger partial charge in [0.05, 0.1) is 5.69 Å². The summed E-state index contributed by atoms with van der Waals surface area (Å²) in [4.78, 5) is 0. The van der Waals surface area contributed by atoms with Crippen molar-refractivity contribution in [2.75, 3.05) is 0 Å². The van der Waals surface area contributed by atoms with Gasteiger partial charge in [-0.3, -0.25) is 4.68 Å². The normalized spacial score (nSPS) is 18.7. The van der Waals surface area contributed by atoms with Gasteiger partial charge < -0.3 is 0 Å². The van der Waals surface area contributed by atoms with Crippen molar-refractivity contribution in [3.05, 3.63) is 52.8 Å². The number of fused-ring (bicyclic) bond motifs is 1. The van der Waals surface area contributed by atoms with E-state index in [-0.39, 0.29) is 0 Å². The lowest BCUT2D eigenvalue weighted by molar-refractivity contribution is 0.331. The number of hydrogen-bond acceptors (Lipinski definition) is 1. The maximum Gasteiger partial charge on any atom is 0.0593 e. The largest absolute Gasteiger partial charge is 0.272 e. The second-order valence-electron chi connectivity index (χ2n) is 8.47. The van der Waals surface area contributed by atoms with E-state index in [0.717, 1.165) is 25.1 Å². The highest BCUT2D eigenvalue weighted by Crippen LogP contribution is 2.45. The van der Waals surface area contributed by atoms with Crippen molar-refractivity contribution >= 4 is 0 Å². The summed E-state index contributed by atoms with van der Waals surface area (Å²) in [6, 6.07) is 9.29. The van der Waals surface area contributed by atoms with Crippen LogP contribution in [0.4, 0.5) is 0 Å². The van der Waals surface area contributed by atoms with Crippen LogP contribution in [0.5, 0.6) is 0 Å². The monoisotopic (exact) mass is 310 g/mol. The zero-order chi connectivity index (χ0) is 16.7. The van der Waals surface area contributed by atoms with Gasteiger partial charge in [-0.05, 0) is 66.2 Å². The Labute approximate surface area is 140 Å². The van der Waals surface area contributed by atoms with Crippen molar-refractivity contribution in [3.8, 4) is 0 Å². The lowest BCUT2D eigenvalue weighted by atomic mass is 9.63. The van der Waals surface area contributed by atoms with E-state index < -0.39 is 0 Å². The van der Waals surface area contributed by atoms with E-state index in [0.29, 0.717) is 10.8 Å². The molecule has 23 heavy (non-hydrogen) atoms. The van der Waals surface area contributed by atoms with Gasteiger partial charge in [0.15, 0.2) is 0 Å². The Morgan fingerprint density at radius 1 is 1.00 bits per heavy atom. The molecule has 0 amide bonds. The first-order valence-electron chi connectivity index (χ1n) is 8.92. The van der Waals surface area contributed by atoms with Crippen LogP contribution in [0.2, 0.25) is 0 Å². The van der Waals surface area contributed by atoms with E-state index in [1.807, 2.05) is 6.92 Å². The number of rotatable bonds is 4. The number of aromatic nitrogens is 2. The molecule has 1 aromatic carbocycles. The van der Waals surface area contributed by atoms with Crippen molar-refractivity contribution in [1.82, 2.24) is 9.78 Å². The third kappa shape index (κ3) is 3.36. The smallest absolute Gasteiger partial charge is 0.0593 e. The van der Waals surface area contributed by atoms with Crippen molar-refractivity contribution in [3.63, 3.8) is 0 Å². The third-order valence-electron chi connectivity index (χ3n) is 5.54. The summed E-state index contributed by atoms with van der Waals surface area (Å²) in [6.07, 6.45) is 6.91. The zero-order valence-electron chi connectivity index (χ0n) is 15.3. The average Bonchev–Trinajstić information content (AvgIpc) is 2.90. The van der Waals surface area contributed by atoms with Crippen LogP contribution in [-0.2, 0) is 23.8 Å². The number of benzene rings is 1. The van der Waals surface area contributed by atoms with Gasteiger partial charge in [-0.25, -0.2) is 0 Å².